The Balaban J connectivity index is 1.56. The zero-order valence-corrected chi connectivity index (χ0v) is 21.1. The Bertz CT molecular complexity index is 1330. The van der Waals surface area contributed by atoms with E-state index in [9.17, 15) is 14.7 Å². The maximum atomic E-state index is 13.4. The van der Waals surface area contributed by atoms with Crippen molar-refractivity contribution in [2.75, 3.05) is 6.61 Å². The average molecular weight is 498 g/mol. The number of aliphatic hydroxyl groups excluding tert-OH is 1. The molecule has 0 radical (unpaired) electrons. The molecule has 37 heavy (non-hydrogen) atoms. The topological polar surface area (TPSA) is 76.1 Å². The van der Waals surface area contributed by atoms with Crippen LogP contribution in [0.1, 0.15) is 55.0 Å². The summed E-state index contributed by atoms with van der Waals surface area (Å²) < 4.78 is 11.6. The number of nitrogens with zero attached hydrogens (tertiary/aromatic N) is 1. The van der Waals surface area contributed by atoms with Crippen LogP contribution in [0, 0.1) is 0 Å². The zero-order valence-electron chi connectivity index (χ0n) is 21.1. The van der Waals surface area contributed by atoms with Gasteiger partial charge in [0.1, 0.15) is 23.4 Å². The number of benzene rings is 3. The van der Waals surface area contributed by atoms with Crippen molar-refractivity contribution in [2.24, 2.45) is 0 Å². The quantitative estimate of drug-likeness (QED) is 0.184. The fourth-order valence-electron chi connectivity index (χ4n) is 4.98. The number of likely N-dealkylation sites (tertiary alicyclic amines) is 1. The van der Waals surface area contributed by atoms with E-state index in [0.29, 0.717) is 12.2 Å². The fourth-order valence-corrected chi connectivity index (χ4v) is 4.98. The molecule has 0 bridgehead atoms. The highest BCUT2D eigenvalue weighted by atomic mass is 16.5. The van der Waals surface area contributed by atoms with Crippen molar-refractivity contribution in [1.29, 1.82) is 0 Å². The van der Waals surface area contributed by atoms with E-state index in [1.165, 1.54) is 4.90 Å². The van der Waals surface area contributed by atoms with Crippen molar-refractivity contribution in [1.82, 2.24) is 4.90 Å². The van der Waals surface area contributed by atoms with Crippen LogP contribution in [-0.4, -0.2) is 34.4 Å². The summed E-state index contributed by atoms with van der Waals surface area (Å²) in [4.78, 5) is 28.2. The molecule has 1 saturated heterocycles. The number of ketones is 1. The lowest BCUT2D eigenvalue weighted by molar-refractivity contribution is -0.140. The second kappa shape index (κ2) is 10.5. The van der Waals surface area contributed by atoms with Crippen molar-refractivity contribution in [3.63, 3.8) is 0 Å². The normalized spacial score (nSPS) is 20.1. The molecule has 2 aliphatic rings. The van der Waals surface area contributed by atoms with Crippen molar-refractivity contribution >= 4 is 17.4 Å². The first-order chi connectivity index (χ1) is 18.0. The van der Waals surface area contributed by atoms with E-state index in [-0.39, 0.29) is 24.0 Å². The lowest BCUT2D eigenvalue weighted by Crippen LogP contribution is -2.29. The van der Waals surface area contributed by atoms with Crippen molar-refractivity contribution < 1.29 is 24.2 Å². The van der Waals surface area contributed by atoms with Crippen LogP contribution in [0.25, 0.3) is 5.76 Å². The Morgan fingerprint density at radius 3 is 2.54 bits per heavy atom. The summed E-state index contributed by atoms with van der Waals surface area (Å²) in [5.41, 5.74) is 3.20. The highest BCUT2D eigenvalue weighted by Crippen LogP contribution is 2.41. The van der Waals surface area contributed by atoms with Crippen molar-refractivity contribution in [3.05, 3.63) is 101 Å². The number of carbonyl (C=O) groups is 2. The van der Waals surface area contributed by atoms with E-state index >= 15 is 0 Å². The SMILES string of the molecule is CCCCOc1ccc([C@H]2/C(=C(\O)c3ccc4c(c3)C[C@@H](C)O4)C(=O)C(=O)N2Cc2ccccc2)cc1. The van der Waals surface area contributed by atoms with Gasteiger partial charge in [0.25, 0.3) is 11.7 Å². The predicted molar refractivity (Wildman–Crippen MR) is 141 cm³/mol. The Hall–Kier alpha value is -4.06. The molecule has 6 heteroatoms. The first-order valence-corrected chi connectivity index (χ1v) is 12.8. The van der Waals surface area contributed by atoms with Gasteiger partial charge < -0.3 is 19.5 Å². The highest BCUT2D eigenvalue weighted by molar-refractivity contribution is 6.46. The molecule has 2 atom stereocenters. The molecule has 1 amide bonds. The second-order valence-corrected chi connectivity index (χ2v) is 9.64. The molecular weight excluding hydrogens is 466 g/mol. The highest BCUT2D eigenvalue weighted by Gasteiger charge is 2.46. The van der Waals surface area contributed by atoms with Crippen LogP contribution < -0.4 is 9.47 Å². The summed E-state index contributed by atoms with van der Waals surface area (Å²) in [7, 11) is 0. The molecule has 5 rings (SSSR count). The molecule has 0 unspecified atom stereocenters. The third-order valence-corrected chi connectivity index (χ3v) is 6.87. The maximum Gasteiger partial charge on any atom is 0.295 e. The molecule has 6 nitrogen and oxygen atoms in total. The van der Waals surface area contributed by atoms with Crippen LogP contribution in [0.4, 0.5) is 0 Å². The number of ether oxygens (including phenoxy) is 2. The van der Waals surface area contributed by atoms with Crippen LogP contribution in [0.2, 0.25) is 0 Å². The Morgan fingerprint density at radius 1 is 1.05 bits per heavy atom. The molecule has 1 fully saturated rings. The number of carbonyl (C=O) groups excluding carboxylic acids is 2. The largest absolute Gasteiger partial charge is 0.507 e. The summed E-state index contributed by atoms with van der Waals surface area (Å²) >= 11 is 0. The van der Waals surface area contributed by atoms with Gasteiger partial charge in [-0.1, -0.05) is 55.8 Å². The van der Waals surface area contributed by atoms with Gasteiger partial charge in [0, 0.05) is 18.5 Å². The van der Waals surface area contributed by atoms with Gasteiger partial charge in [-0.15, -0.1) is 0 Å². The predicted octanol–water partition coefficient (Wildman–Crippen LogP) is 5.81. The molecule has 0 spiro atoms. The number of hydrogen-bond donors (Lipinski definition) is 1. The van der Waals surface area contributed by atoms with E-state index in [1.54, 1.807) is 6.07 Å². The number of hydrogen-bond acceptors (Lipinski definition) is 5. The molecule has 0 saturated carbocycles. The molecule has 0 aliphatic carbocycles. The summed E-state index contributed by atoms with van der Waals surface area (Å²) in [6.07, 6.45) is 2.78. The van der Waals surface area contributed by atoms with Crippen molar-refractivity contribution in [2.45, 2.75) is 51.8 Å². The summed E-state index contributed by atoms with van der Waals surface area (Å²) in [6.45, 7) is 4.97. The maximum absolute atomic E-state index is 13.4. The molecule has 2 aliphatic heterocycles. The lowest BCUT2D eigenvalue weighted by atomic mass is 9.94. The Morgan fingerprint density at radius 2 is 1.81 bits per heavy atom. The smallest absolute Gasteiger partial charge is 0.295 e. The Kier molecular flexibility index (Phi) is 6.99. The molecule has 2 heterocycles. The van der Waals surface area contributed by atoms with Gasteiger partial charge in [0.05, 0.1) is 18.2 Å². The van der Waals surface area contributed by atoms with Gasteiger partial charge in [0.15, 0.2) is 0 Å². The molecule has 3 aromatic rings. The standard InChI is InChI=1S/C31H31NO5/c1-3-4-16-36-25-13-10-22(11-14-25)28-27(29(33)23-12-15-26-24(18-23)17-20(2)37-26)30(34)31(35)32(28)19-21-8-6-5-7-9-21/h5-15,18,20,28,33H,3-4,16-17,19H2,1-2H3/b29-27+/t20-,28+/m1/s1. The third-order valence-electron chi connectivity index (χ3n) is 6.87. The minimum absolute atomic E-state index is 0.0573. The molecule has 0 aromatic heterocycles. The van der Waals surface area contributed by atoms with Crippen LogP contribution in [-0.2, 0) is 22.6 Å². The Labute approximate surface area is 217 Å². The third kappa shape index (κ3) is 4.96. The van der Waals surface area contributed by atoms with Gasteiger partial charge >= 0.3 is 0 Å². The molecule has 1 N–H and O–H groups in total. The first kappa shape index (κ1) is 24.6. The van der Waals surface area contributed by atoms with Gasteiger partial charge in [-0.2, -0.15) is 0 Å². The van der Waals surface area contributed by atoms with Gasteiger partial charge in [-0.3, -0.25) is 9.59 Å². The second-order valence-electron chi connectivity index (χ2n) is 9.64. The van der Waals surface area contributed by atoms with Crippen LogP contribution in [0.3, 0.4) is 0 Å². The van der Waals surface area contributed by atoms with Crippen molar-refractivity contribution in [3.8, 4) is 11.5 Å². The van der Waals surface area contributed by atoms with Crippen LogP contribution >= 0.6 is 0 Å². The first-order valence-electron chi connectivity index (χ1n) is 12.8. The molecule has 190 valence electrons. The zero-order chi connectivity index (χ0) is 25.9. The fraction of sp³-hybridized carbons (Fsp3) is 0.290. The number of amides is 1. The number of aliphatic hydroxyl groups is 1. The van der Waals surface area contributed by atoms with Gasteiger partial charge in [0.2, 0.25) is 0 Å². The number of Topliss-reactive ketones (excluding diaryl/α,β-unsaturated/α-hetero) is 1. The minimum atomic E-state index is -0.728. The molecular formula is C31H31NO5. The number of unbranched alkanes of at least 4 members (excludes halogenated alkanes) is 1. The lowest BCUT2D eigenvalue weighted by Gasteiger charge is -2.25. The summed E-state index contributed by atoms with van der Waals surface area (Å²) in [5.74, 6) is 0.0156. The van der Waals surface area contributed by atoms with E-state index in [0.717, 1.165) is 47.5 Å². The van der Waals surface area contributed by atoms with E-state index in [2.05, 4.69) is 6.92 Å². The van der Waals surface area contributed by atoms with Crippen LogP contribution in [0.5, 0.6) is 11.5 Å². The van der Waals surface area contributed by atoms with E-state index < -0.39 is 17.7 Å². The van der Waals surface area contributed by atoms with Crippen LogP contribution in [0.15, 0.2) is 78.4 Å². The average Bonchev–Trinajstić information content (AvgIpc) is 3.40. The minimum Gasteiger partial charge on any atom is -0.507 e. The van der Waals surface area contributed by atoms with Gasteiger partial charge in [-0.05, 0) is 60.4 Å². The van der Waals surface area contributed by atoms with E-state index in [1.807, 2.05) is 73.7 Å². The monoisotopic (exact) mass is 497 g/mol. The number of fused-ring (bicyclic) bond motifs is 1. The van der Waals surface area contributed by atoms with E-state index in [4.69, 9.17) is 9.47 Å². The summed E-state index contributed by atoms with van der Waals surface area (Å²) in [6, 6.07) is 21.6. The number of rotatable bonds is 8. The van der Waals surface area contributed by atoms with Gasteiger partial charge in [-0.25, -0.2) is 0 Å². The molecule has 3 aromatic carbocycles. The summed E-state index contributed by atoms with van der Waals surface area (Å²) in [5, 5.41) is 11.4.